The van der Waals surface area contributed by atoms with Crippen LogP contribution in [0.1, 0.15) is 24.7 Å². The lowest BCUT2D eigenvalue weighted by molar-refractivity contribution is -0.392. The Bertz CT molecular complexity index is 662. The van der Waals surface area contributed by atoms with E-state index in [2.05, 4.69) is 4.98 Å². The molecule has 0 radical (unpaired) electrons. The Morgan fingerprint density at radius 2 is 2.24 bits per heavy atom. The monoisotopic (exact) mass is 287 g/mol. The summed E-state index contributed by atoms with van der Waals surface area (Å²) < 4.78 is 6.77. The molecule has 0 bridgehead atoms. The van der Waals surface area contributed by atoms with E-state index in [1.165, 1.54) is 6.20 Å². The second-order valence-corrected chi connectivity index (χ2v) is 4.49. The molecule has 0 fully saturated rings. The van der Waals surface area contributed by atoms with E-state index in [1.54, 1.807) is 17.8 Å². The van der Waals surface area contributed by atoms with Crippen LogP contribution in [0.15, 0.2) is 30.5 Å². The minimum Gasteiger partial charge on any atom is -0.497 e. The third kappa shape index (κ3) is 3.47. The van der Waals surface area contributed by atoms with E-state index >= 15 is 0 Å². The Kier molecular flexibility index (Phi) is 4.71. The van der Waals surface area contributed by atoms with Crippen LogP contribution in [0.4, 0.5) is 5.82 Å². The van der Waals surface area contributed by atoms with E-state index in [0.29, 0.717) is 12.4 Å². The van der Waals surface area contributed by atoms with E-state index in [1.807, 2.05) is 37.3 Å². The van der Waals surface area contributed by atoms with E-state index in [4.69, 9.17) is 4.74 Å². The maximum atomic E-state index is 11.0. The first kappa shape index (κ1) is 14.8. The normalized spacial score (nSPS) is 11.0. The second-order valence-electron chi connectivity index (χ2n) is 4.49. The summed E-state index contributed by atoms with van der Waals surface area (Å²) in [5, 5.41) is 11.0. The van der Waals surface area contributed by atoms with E-state index in [-0.39, 0.29) is 5.82 Å². The first-order valence-electron chi connectivity index (χ1n) is 6.67. The van der Waals surface area contributed by atoms with Gasteiger partial charge in [-0.3, -0.25) is 0 Å². The molecule has 0 unspecified atom stereocenters. The summed E-state index contributed by atoms with van der Waals surface area (Å²) in [4.78, 5) is 14.7. The van der Waals surface area contributed by atoms with Gasteiger partial charge in [-0.2, -0.15) is 0 Å². The van der Waals surface area contributed by atoms with Gasteiger partial charge in [0, 0.05) is 6.08 Å². The van der Waals surface area contributed by atoms with Crippen molar-refractivity contribution in [2.24, 2.45) is 0 Å². The van der Waals surface area contributed by atoms with E-state index in [9.17, 15) is 10.1 Å². The van der Waals surface area contributed by atoms with Crippen molar-refractivity contribution in [3.05, 3.63) is 52.0 Å². The smallest absolute Gasteiger partial charge is 0.343 e. The maximum absolute atomic E-state index is 11.0. The molecule has 1 aromatic heterocycles. The number of aromatic nitrogens is 2. The summed E-state index contributed by atoms with van der Waals surface area (Å²) >= 11 is 0. The van der Waals surface area contributed by atoms with Gasteiger partial charge >= 0.3 is 5.82 Å². The number of rotatable bonds is 6. The van der Waals surface area contributed by atoms with Gasteiger partial charge < -0.3 is 14.9 Å². The van der Waals surface area contributed by atoms with Gasteiger partial charge in [0.2, 0.25) is 5.82 Å². The molecular weight excluding hydrogens is 270 g/mol. The fourth-order valence-electron chi connectivity index (χ4n) is 2.03. The molecule has 0 saturated carbocycles. The van der Waals surface area contributed by atoms with Gasteiger partial charge in [0.05, 0.1) is 13.7 Å². The Balaban J connectivity index is 2.29. The minimum atomic E-state index is -0.411. The van der Waals surface area contributed by atoms with Crippen LogP contribution in [-0.2, 0) is 6.54 Å². The molecule has 0 atom stereocenters. The quantitative estimate of drug-likeness (QED) is 0.603. The zero-order chi connectivity index (χ0) is 15.2. The zero-order valence-electron chi connectivity index (χ0n) is 12.0. The van der Waals surface area contributed by atoms with E-state index in [0.717, 1.165) is 17.7 Å². The number of methoxy groups -OCH3 is 1. The Morgan fingerprint density at radius 1 is 1.43 bits per heavy atom. The summed E-state index contributed by atoms with van der Waals surface area (Å²) in [5.74, 6) is 1.36. The second kappa shape index (κ2) is 6.69. The fraction of sp³-hybridized carbons (Fsp3) is 0.267. The average Bonchev–Trinajstić information content (AvgIpc) is 2.89. The highest BCUT2D eigenvalue weighted by molar-refractivity contribution is 5.68. The van der Waals surface area contributed by atoms with Gasteiger partial charge in [0.25, 0.3) is 0 Å². The number of nitro groups is 1. The molecule has 0 amide bonds. The SMILES string of the molecule is CCCn1c([N+](=O)[O-])cnc1C=Cc1cccc(OC)c1. The Labute approximate surface area is 122 Å². The Hall–Kier alpha value is -2.63. The molecule has 0 aliphatic rings. The lowest BCUT2D eigenvalue weighted by Gasteiger charge is -2.01. The van der Waals surface area contributed by atoms with Gasteiger partial charge in [0.1, 0.15) is 11.9 Å². The number of imidazole rings is 1. The minimum absolute atomic E-state index is 0.0159. The molecule has 6 nitrogen and oxygen atoms in total. The molecule has 2 aromatic rings. The lowest BCUT2D eigenvalue weighted by atomic mass is 10.2. The van der Waals surface area contributed by atoms with Crippen molar-refractivity contribution in [2.75, 3.05) is 7.11 Å². The number of ether oxygens (including phenoxy) is 1. The molecule has 2 rings (SSSR count). The highest BCUT2D eigenvalue weighted by Gasteiger charge is 2.17. The molecule has 0 saturated heterocycles. The van der Waals surface area contributed by atoms with Crippen LogP contribution in [0.5, 0.6) is 5.75 Å². The first-order chi connectivity index (χ1) is 10.2. The number of benzene rings is 1. The van der Waals surface area contributed by atoms with Crippen molar-refractivity contribution in [1.82, 2.24) is 9.55 Å². The number of hydrogen-bond donors (Lipinski definition) is 0. The van der Waals surface area contributed by atoms with Crippen molar-refractivity contribution >= 4 is 18.0 Å². The largest absolute Gasteiger partial charge is 0.497 e. The van der Waals surface area contributed by atoms with Crippen LogP contribution >= 0.6 is 0 Å². The van der Waals surface area contributed by atoms with Gasteiger partial charge in [0.15, 0.2) is 0 Å². The fourth-order valence-corrected chi connectivity index (χ4v) is 2.03. The third-order valence-electron chi connectivity index (χ3n) is 3.02. The topological polar surface area (TPSA) is 70.2 Å². The van der Waals surface area contributed by atoms with Crippen molar-refractivity contribution in [1.29, 1.82) is 0 Å². The van der Waals surface area contributed by atoms with Crippen LogP contribution < -0.4 is 4.74 Å². The van der Waals surface area contributed by atoms with Crippen LogP contribution in [0.2, 0.25) is 0 Å². The van der Waals surface area contributed by atoms with Gasteiger partial charge in [-0.15, -0.1) is 0 Å². The average molecular weight is 287 g/mol. The van der Waals surface area contributed by atoms with Crippen LogP contribution in [0.25, 0.3) is 12.2 Å². The summed E-state index contributed by atoms with van der Waals surface area (Å²) in [6.45, 7) is 2.54. The van der Waals surface area contributed by atoms with E-state index < -0.39 is 4.92 Å². The molecule has 0 aliphatic heterocycles. The molecule has 1 aromatic carbocycles. The van der Waals surface area contributed by atoms with Crippen molar-refractivity contribution in [3.8, 4) is 5.75 Å². The Morgan fingerprint density at radius 3 is 2.90 bits per heavy atom. The third-order valence-corrected chi connectivity index (χ3v) is 3.02. The number of nitrogens with zero attached hydrogens (tertiary/aromatic N) is 3. The standard InChI is InChI=1S/C15H17N3O3/c1-3-9-17-14(16-11-15(17)18(19)20)8-7-12-5-4-6-13(10-12)21-2/h4-8,10-11H,3,9H2,1-2H3. The molecule has 6 heteroatoms. The molecule has 1 heterocycles. The molecule has 21 heavy (non-hydrogen) atoms. The van der Waals surface area contributed by atoms with Crippen LogP contribution in [0, 0.1) is 10.1 Å². The number of hydrogen-bond acceptors (Lipinski definition) is 4. The van der Waals surface area contributed by atoms with Crippen LogP contribution in [0.3, 0.4) is 0 Å². The van der Waals surface area contributed by atoms with Crippen LogP contribution in [-0.4, -0.2) is 21.6 Å². The lowest BCUT2D eigenvalue weighted by Crippen LogP contribution is -2.04. The molecule has 0 aliphatic carbocycles. The molecular formula is C15H17N3O3. The van der Waals surface area contributed by atoms with Crippen molar-refractivity contribution < 1.29 is 9.66 Å². The van der Waals surface area contributed by atoms with Gasteiger partial charge in [-0.25, -0.2) is 9.55 Å². The molecule has 0 spiro atoms. The highest BCUT2D eigenvalue weighted by Crippen LogP contribution is 2.18. The summed E-state index contributed by atoms with van der Waals surface area (Å²) in [6, 6.07) is 7.57. The van der Waals surface area contributed by atoms with Gasteiger partial charge in [-0.05, 0) is 35.1 Å². The maximum Gasteiger partial charge on any atom is 0.343 e. The summed E-state index contributed by atoms with van der Waals surface area (Å²) in [7, 11) is 1.61. The first-order valence-corrected chi connectivity index (χ1v) is 6.67. The molecule has 110 valence electrons. The molecule has 0 N–H and O–H groups in total. The summed E-state index contributed by atoms with van der Waals surface area (Å²) in [5.41, 5.74) is 0.947. The summed E-state index contributed by atoms with van der Waals surface area (Å²) in [6.07, 6.45) is 5.73. The zero-order valence-corrected chi connectivity index (χ0v) is 12.0. The predicted molar refractivity (Wildman–Crippen MR) is 81.1 cm³/mol. The van der Waals surface area contributed by atoms with Gasteiger partial charge in [-0.1, -0.05) is 19.1 Å². The highest BCUT2D eigenvalue weighted by atomic mass is 16.6. The van der Waals surface area contributed by atoms with Crippen molar-refractivity contribution in [2.45, 2.75) is 19.9 Å². The predicted octanol–water partition coefficient (Wildman–Crippen LogP) is 3.38. The van der Waals surface area contributed by atoms with Crippen molar-refractivity contribution in [3.63, 3.8) is 0 Å².